The smallest absolute Gasteiger partial charge is 0.243 e. The van der Waals surface area contributed by atoms with Crippen molar-refractivity contribution in [3.05, 3.63) is 101 Å². The molecule has 3 aromatic carbocycles. The molecule has 236 valence electrons. The molecule has 5 N–H and O–H groups in total. The second-order valence-corrected chi connectivity index (χ2v) is 11.3. The van der Waals surface area contributed by atoms with E-state index in [1.165, 1.54) is 0 Å². The van der Waals surface area contributed by atoms with Crippen LogP contribution in [0.25, 0.3) is 0 Å². The second kappa shape index (κ2) is 16.4. The number of carbonyl (C=O) groups excluding carboxylic acids is 2. The highest BCUT2D eigenvalue weighted by Gasteiger charge is 2.34. The molecule has 0 aromatic heterocycles. The molecule has 0 unspecified atom stereocenters. The first-order valence-corrected chi connectivity index (χ1v) is 15.0. The number of nitrogens with zero attached hydrogens (tertiary/aromatic N) is 1. The van der Waals surface area contributed by atoms with Crippen molar-refractivity contribution in [3.63, 3.8) is 0 Å². The maximum Gasteiger partial charge on any atom is 0.243 e. The van der Waals surface area contributed by atoms with Crippen molar-refractivity contribution in [1.82, 2.24) is 10.4 Å². The molecule has 2 amide bonds. The third-order valence-corrected chi connectivity index (χ3v) is 8.02. The zero-order valence-electron chi connectivity index (χ0n) is 25.3. The Morgan fingerprint density at radius 2 is 1.64 bits per heavy atom. The fourth-order valence-electron chi connectivity index (χ4n) is 5.30. The van der Waals surface area contributed by atoms with Crippen LogP contribution in [0.3, 0.4) is 0 Å². The molecule has 1 saturated heterocycles. The minimum absolute atomic E-state index is 0.0386. The van der Waals surface area contributed by atoms with Crippen LogP contribution < -0.4 is 10.8 Å². The van der Waals surface area contributed by atoms with E-state index in [1.54, 1.807) is 11.5 Å². The average Bonchev–Trinajstić information content (AvgIpc) is 3.06. The number of hydrogen-bond donors (Lipinski definition) is 5. The van der Waals surface area contributed by atoms with Crippen molar-refractivity contribution in [3.8, 4) is 0 Å². The van der Waals surface area contributed by atoms with Crippen LogP contribution in [0.15, 0.2) is 78.9 Å². The van der Waals surface area contributed by atoms with Crippen LogP contribution in [0.5, 0.6) is 0 Å². The number of ether oxygens (including phenoxy) is 2. The first-order valence-electron chi connectivity index (χ1n) is 15.0. The lowest BCUT2D eigenvalue weighted by Crippen LogP contribution is -2.43. The van der Waals surface area contributed by atoms with Gasteiger partial charge in [0.25, 0.3) is 0 Å². The molecule has 0 radical (unpaired) electrons. The molecule has 1 aliphatic heterocycles. The zero-order chi connectivity index (χ0) is 31.5. The number of benzene rings is 3. The number of aliphatic hydroxyl groups excluding tert-OH is 2. The van der Waals surface area contributed by atoms with E-state index in [0.29, 0.717) is 31.5 Å². The third-order valence-electron chi connectivity index (χ3n) is 8.02. The maximum atomic E-state index is 12.5. The topological polar surface area (TPSA) is 141 Å². The highest BCUT2D eigenvalue weighted by atomic mass is 16.7. The van der Waals surface area contributed by atoms with Crippen LogP contribution in [0.2, 0.25) is 0 Å². The molecule has 5 atom stereocenters. The number of nitrogens with one attached hydrogen (secondary N) is 2. The van der Waals surface area contributed by atoms with Crippen molar-refractivity contribution in [1.29, 1.82) is 0 Å². The fourth-order valence-corrected chi connectivity index (χ4v) is 5.30. The molecule has 10 nitrogen and oxygen atoms in total. The summed E-state index contributed by atoms with van der Waals surface area (Å²) < 4.78 is 13.0. The fraction of sp³-hybridized carbons (Fsp3) is 0.412. The van der Waals surface area contributed by atoms with Gasteiger partial charge in [0.05, 0.1) is 24.9 Å². The summed E-state index contributed by atoms with van der Waals surface area (Å²) >= 11 is 0. The van der Waals surface area contributed by atoms with Gasteiger partial charge in [0.1, 0.15) is 0 Å². The Morgan fingerprint density at radius 3 is 2.32 bits per heavy atom. The Morgan fingerprint density at radius 1 is 0.932 bits per heavy atom. The van der Waals surface area contributed by atoms with Gasteiger partial charge in [-0.1, -0.05) is 66.7 Å². The number of hydrogen-bond acceptors (Lipinski definition) is 8. The lowest BCUT2D eigenvalue weighted by molar-refractivity contribution is -0.253. The lowest BCUT2D eigenvalue weighted by atomic mass is 9.98. The van der Waals surface area contributed by atoms with Gasteiger partial charge in [0, 0.05) is 43.1 Å². The average molecular weight is 606 g/mol. The van der Waals surface area contributed by atoms with E-state index >= 15 is 0 Å². The zero-order valence-corrected chi connectivity index (χ0v) is 25.3. The molecular weight excluding hydrogens is 562 g/mol. The van der Waals surface area contributed by atoms with Gasteiger partial charge >= 0.3 is 0 Å². The Labute approximate surface area is 258 Å². The number of unbranched alkanes of at least 4 members (excludes halogenated alkanes) is 1. The summed E-state index contributed by atoms with van der Waals surface area (Å²) in [6, 6.07) is 24.5. The molecule has 1 fully saturated rings. The second-order valence-electron chi connectivity index (χ2n) is 11.3. The Kier molecular flexibility index (Phi) is 12.4. The van der Waals surface area contributed by atoms with E-state index < -0.39 is 18.3 Å². The van der Waals surface area contributed by atoms with Crippen LogP contribution in [0, 0.1) is 0 Å². The van der Waals surface area contributed by atoms with Crippen LogP contribution >= 0.6 is 0 Å². The van der Waals surface area contributed by atoms with Gasteiger partial charge in [0.2, 0.25) is 11.8 Å². The summed E-state index contributed by atoms with van der Waals surface area (Å²) in [4.78, 5) is 25.8. The SMILES string of the molecule is C[C@@H]([C@H](O)c1ccccc1)N(C)C[C@H]1C[C@@H](c2ccc(CO)cc2)O[C@@H](c2cccc(NC(=O)CCCCC(=O)NO)c2)O1. The third kappa shape index (κ3) is 9.43. The van der Waals surface area contributed by atoms with Gasteiger partial charge in [-0.25, -0.2) is 5.48 Å². The summed E-state index contributed by atoms with van der Waals surface area (Å²) in [5, 5.41) is 32.0. The quantitative estimate of drug-likeness (QED) is 0.100. The first kappa shape index (κ1) is 33.3. The van der Waals surface area contributed by atoms with E-state index in [2.05, 4.69) is 10.2 Å². The van der Waals surface area contributed by atoms with Crippen LogP contribution in [-0.4, -0.2) is 57.9 Å². The van der Waals surface area contributed by atoms with E-state index in [0.717, 1.165) is 22.3 Å². The summed E-state index contributed by atoms with van der Waals surface area (Å²) in [7, 11) is 1.97. The van der Waals surface area contributed by atoms with E-state index in [-0.39, 0.29) is 43.6 Å². The van der Waals surface area contributed by atoms with Crippen molar-refractivity contribution in [2.24, 2.45) is 0 Å². The Bertz CT molecular complexity index is 1340. The van der Waals surface area contributed by atoms with Crippen molar-refractivity contribution in [2.75, 3.05) is 18.9 Å². The summed E-state index contributed by atoms with van der Waals surface area (Å²) in [6.45, 7) is 2.51. The van der Waals surface area contributed by atoms with Gasteiger partial charge in [0.15, 0.2) is 6.29 Å². The number of aliphatic hydroxyl groups is 2. The number of anilines is 1. The van der Waals surface area contributed by atoms with Crippen molar-refractivity contribution >= 4 is 17.5 Å². The summed E-state index contributed by atoms with van der Waals surface area (Å²) in [5.74, 6) is -0.649. The molecule has 4 rings (SSSR count). The molecule has 44 heavy (non-hydrogen) atoms. The molecule has 0 aliphatic carbocycles. The van der Waals surface area contributed by atoms with Crippen LogP contribution in [0.4, 0.5) is 5.69 Å². The predicted octanol–water partition coefficient (Wildman–Crippen LogP) is 4.78. The molecule has 1 aliphatic rings. The van der Waals surface area contributed by atoms with E-state index in [9.17, 15) is 19.8 Å². The molecule has 10 heteroatoms. The first-order chi connectivity index (χ1) is 21.3. The molecular formula is C34H43N3O7. The largest absolute Gasteiger partial charge is 0.392 e. The minimum atomic E-state index is -0.701. The highest BCUT2D eigenvalue weighted by Crippen LogP contribution is 2.39. The molecule has 3 aromatic rings. The number of hydroxylamine groups is 1. The number of likely N-dealkylation sites (N-methyl/N-ethyl adjacent to an activating group) is 1. The normalized spacial score (nSPS) is 19.7. The number of carbonyl (C=O) groups is 2. The standard InChI is InChI=1S/C34H43N3O7/c1-23(33(41)26-9-4-3-5-10-26)37(2)21-29-20-30(25-17-15-24(22-38)16-18-25)44-34(43-29)27-11-8-12-28(19-27)35-31(39)13-6-7-14-32(40)36-42/h3-5,8-12,15-19,23,29-30,33-34,38,41-42H,6-7,13-14,20-22H2,1-2H3,(H,35,39)(H,36,40)/t23-,29+,30-,33-,34-/m0/s1. The predicted molar refractivity (Wildman–Crippen MR) is 165 cm³/mol. The molecule has 1 heterocycles. The lowest BCUT2D eigenvalue weighted by Gasteiger charge is -2.39. The highest BCUT2D eigenvalue weighted by molar-refractivity contribution is 5.90. The van der Waals surface area contributed by atoms with Crippen molar-refractivity contribution < 1.29 is 34.5 Å². The summed E-state index contributed by atoms with van der Waals surface area (Å²) in [5.41, 5.74) is 5.60. The summed E-state index contributed by atoms with van der Waals surface area (Å²) in [6.07, 6.45) is 0.131. The molecule has 0 spiro atoms. The van der Waals surface area contributed by atoms with E-state index in [4.69, 9.17) is 14.7 Å². The van der Waals surface area contributed by atoms with Gasteiger partial charge in [-0.05, 0) is 55.6 Å². The maximum absolute atomic E-state index is 12.5. The number of rotatable bonds is 14. The minimum Gasteiger partial charge on any atom is -0.392 e. The Balaban J connectivity index is 1.46. The van der Waals surface area contributed by atoms with Crippen LogP contribution in [0.1, 0.15) is 79.8 Å². The van der Waals surface area contributed by atoms with Gasteiger partial charge in [-0.2, -0.15) is 0 Å². The monoisotopic (exact) mass is 605 g/mol. The number of amides is 2. The van der Waals surface area contributed by atoms with Gasteiger partial charge in [-0.3, -0.25) is 19.7 Å². The molecule has 0 bridgehead atoms. The van der Waals surface area contributed by atoms with Crippen molar-refractivity contribution in [2.45, 2.75) is 76.3 Å². The molecule has 0 saturated carbocycles. The van der Waals surface area contributed by atoms with Crippen LogP contribution in [-0.2, 0) is 25.7 Å². The Hall–Kier alpha value is -3.64. The van der Waals surface area contributed by atoms with Gasteiger partial charge in [-0.15, -0.1) is 0 Å². The van der Waals surface area contributed by atoms with Gasteiger partial charge < -0.3 is 25.0 Å². The van der Waals surface area contributed by atoms with E-state index in [1.807, 2.05) is 86.8 Å².